The molecule has 1 aromatic rings. The van der Waals surface area contributed by atoms with Gasteiger partial charge in [-0.05, 0) is 38.2 Å². The molecule has 0 amide bonds. The van der Waals surface area contributed by atoms with Crippen molar-refractivity contribution in [2.75, 3.05) is 29.9 Å². The smallest absolute Gasteiger partial charge is 0.224 e. The van der Waals surface area contributed by atoms with Crippen LogP contribution in [-0.2, 0) is 0 Å². The van der Waals surface area contributed by atoms with E-state index in [4.69, 9.17) is 0 Å². The van der Waals surface area contributed by atoms with E-state index < -0.39 is 0 Å². The third kappa shape index (κ3) is 3.80. The van der Waals surface area contributed by atoms with Gasteiger partial charge in [-0.15, -0.1) is 0 Å². The third-order valence-electron chi connectivity index (χ3n) is 3.56. The highest BCUT2D eigenvalue weighted by Gasteiger charge is 2.23. The molecule has 0 bridgehead atoms. The lowest BCUT2D eigenvalue weighted by atomic mass is 10.00. The van der Waals surface area contributed by atoms with E-state index in [1.165, 1.54) is 12.8 Å². The first kappa shape index (κ1) is 14.1. The van der Waals surface area contributed by atoms with Gasteiger partial charge in [-0.25, -0.2) is 4.98 Å². The Morgan fingerprint density at radius 1 is 1.47 bits per heavy atom. The Hall–Kier alpha value is -1.36. The average Bonchev–Trinajstić information content (AvgIpc) is 2.46. The van der Waals surface area contributed by atoms with Crippen LogP contribution in [0, 0.1) is 0 Å². The molecule has 0 saturated carbocycles. The standard InChI is InChI=1S/C14H24N4O/c1-2-8-15-14-16-9-6-13(17-14)18-10-4-3-5-12(18)7-11-19/h6,9,12,19H,2-5,7-8,10-11H2,1H3,(H,15,16,17). The molecule has 0 aliphatic carbocycles. The summed E-state index contributed by atoms with van der Waals surface area (Å²) >= 11 is 0. The topological polar surface area (TPSA) is 61.3 Å². The van der Waals surface area contributed by atoms with Gasteiger partial charge in [-0.2, -0.15) is 4.98 Å². The number of rotatable bonds is 6. The van der Waals surface area contributed by atoms with Crippen molar-refractivity contribution in [2.24, 2.45) is 0 Å². The molecule has 2 rings (SSSR count). The van der Waals surface area contributed by atoms with Crippen molar-refractivity contribution in [3.05, 3.63) is 12.3 Å². The Morgan fingerprint density at radius 3 is 3.16 bits per heavy atom. The van der Waals surface area contributed by atoms with Gasteiger partial charge in [0.2, 0.25) is 5.95 Å². The second kappa shape index (κ2) is 7.28. The van der Waals surface area contributed by atoms with Crippen molar-refractivity contribution in [1.29, 1.82) is 0 Å². The van der Waals surface area contributed by atoms with Crippen molar-refractivity contribution >= 4 is 11.8 Å². The number of hydrogen-bond acceptors (Lipinski definition) is 5. The quantitative estimate of drug-likeness (QED) is 0.823. The maximum atomic E-state index is 9.18. The Kier molecular flexibility index (Phi) is 5.39. The third-order valence-corrected chi connectivity index (χ3v) is 3.56. The molecule has 1 aromatic heterocycles. The lowest BCUT2D eigenvalue weighted by Crippen LogP contribution is -2.40. The summed E-state index contributed by atoms with van der Waals surface area (Å²) in [6, 6.07) is 2.37. The summed E-state index contributed by atoms with van der Waals surface area (Å²) < 4.78 is 0. The summed E-state index contributed by atoms with van der Waals surface area (Å²) in [4.78, 5) is 11.2. The fourth-order valence-corrected chi connectivity index (χ4v) is 2.58. The Bertz CT molecular complexity index is 383. The summed E-state index contributed by atoms with van der Waals surface area (Å²) in [5.41, 5.74) is 0. The van der Waals surface area contributed by atoms with Gasteiger partial charge in [0.15, 0.2) is 0 Å². The number of piperidine rings is 1. The number of hydrogen-bond donors (Lipinski definition) is 2. The molecule has 2 N–H and O–H groups in total. The minimum absolute atomic E-state index is 0.243. The van der Waals surface area contributed by atoms with Gasteiger partial charge in [0, 0.05) is 31.9 Å². The zero-order valence-electron chi connectivity index (χ0n) is 11.7. The minimum Gasteiger partial charge on any atom is -0.396 e. The number of nitrogens with zero attached hydrogens (tertiary/aromatic N) is 3. The monoisotopic (exact) mass is 264 g/mol. The first-order chi connectivity index (χ1) is 9.35. The molecule has 1 unspecified atom stereocenters. The predicted molar refractivity (Wildman–Crippen MR) is 77.5 cm³/mol. The molecule has 5 heteroatoms. The van der Waals surface area contributed by atoms with Crippen molar-refractivity contribution in [2.45, 2.75) is 45.1 Å². The number of aromatic nitrogens is 2. The minimum atomic E-state index is 0.243. The van der Waals surface area contributed by atoms with Crippen LogP contribution in [0.5, 0.6) is 0 Å². The highest BCUT2D eigenvalue weighted by atomic mass is 16.3. The molecule has 1 fully saturated rings. The van der Waals surface area contributed by atoms with Crippen LogP contribution < -0.4 is 10.2 Å². The average molecular weight is 264 g/mol. The molecule has 19 heavy (non-hydrogen) atoms. The summed E-state index contributed by atoms with van der Waals surface area (Å²) in [6.45, 7) is 4.28. The maximum absolute atomic E-state index is 9.18. The summed E-state index contributed by atoms with van der Waals surface area (Å²) in [6.07, 6.45) is 7.27. The van der Waals surface area contributed by atoms with Gasteiger partial charge < -0.3 is 15.3 Å². The van der Waals surface area contributed by atoms with Crippen molar-refractivity contribution in [1.82, 2.24) is 9.97 Å². The maximum Gasteiger partial charge on any atom is 0.224 e. The normalized spacial score (nSPS) is 19.5. The van der Waals surface area contributed by atoms with Crippen LogP contribution in [0.3, 0.4) is 0 Å². The van der Waals surface area contributed by atoms with Crippen LogP contribution in [0.25, 0.3) is 0 Å². The van der Waals surface area contributed by atoms with Gasteiger partial charge in [-0.1, -0.05) is 6.92 Å². The van der Waals surface area contributed by atoms with Gasteiger partial charge >= 0.3 is 0 Å². The number of anilines is 2. The van der Waals surface area contributed by atoms with Crippen LogP contribution in [0.15, 0.2) is 12.3 Å². The van der Waals surface area contributed by atoms with Crippen molar-refractivity contribution in [3.63, 3.8) is 0 Å². The van der Waals surface area contributed by atoms with E-state index in [1.54, 1.807) is 0 Å². The molecule has 2 heterocycles. The molecule has 1 saturated heterocycles. The number of nitrogens with one attached hydrogen (secondary N) is 1. The van der Waals surface area contributed by atoms with Crippen LogP contribution in [-0.4, -0.2) is 40.8 Å². The second-order valence-corrected chi connectivity index (χ2v) is 5.02. The lowest BCUT2D eigenvalue weighted by molar-refractivity contribution is 0.262. The first-order valence-electron chi connectivity index (χ1n) is 7.29. The number of aliphatic hydroxyl groups is 1. The Balaban J connectivity index is 2.09. The van der Waals surface area contributed by atoms with Gasteiger partial charge in [0.1, 0.15) is 5.82 Å². The van der Waals surface area contributed by atoms with E-state index in [9.17, 15) is 5.11 Å². The van der Waals surface area contributed by atoms with Gasteiger partial charge in [0.25, 0.3) is 0 Å². The second-order valence-electron chi connectivity index (χ2n) is 5.02. The molecule has 0 spiro atoms. The summed E-state index contributed by atoms with van der Waals surface area (Å²) in [5, 5.41) is 12.4. The molecular formula is C14H24N4O. The summed E-state index contributed by atoms with van der Waals surface area (Å²) in [5.74, 6) is 1.68. The van der Waals surface area contributed by atoms with Crippen LogP contribution in [0.1, 0.15) is 39.0 Å². The molecule has 0 aromatic carbocycles. The molecule has 5 nitrogen and oxygen atoms in total. The Morgan fingerprint density at radius 2 is 2.37 bits per heavy atom. The van der Waals surface area contributed by atoms with E-state index in [-0.39, 0.29) is 6.61 Å². The predicted octanol–water partition coefficient (Wildman–Crippen LogP) is 2.04. The molecular weight excluding hydrogens is 240 g/mol. The SMILES string of the molecule is CCCNc1nccc(N2CCCCC2CCO)n1. The molecule has 106 valence electrons. The highest BCUT2D eigenvalue weighted by Crippen LogP contribution is 2.25. The zero-order chi connectivity index (χ0) is 13.5. The lowest BCUT2D eigenvalue weighted by Gasteiger charge is -2.36. The van der Waals surface area contributed by atoms with Gasteiger partial charge in [0.05, 0.1) is 0 Å². The van der Waals surface area contributed by atoms with E-state index in [2.05, 4.69) is 27.1 Å². The van der Waals surface area contributed by atoms with E-state index in [0.29, 0.717) is 12.0 Å². The molecule has 1 atom stereocenters. The fourth-order valence-electron chi connectivity index (χ4n) is 2.58. The molecule has 1 aliphatic rings. The highest BCUT2D eigenvalue weighted by molar-refractivity contribution is 5.43. The van der Waals surface area contributed by atoms with Crippen molar-refractivity contribution < 1.29 is 5.11 Å². The van der Waals surface area contributed by atoms with E-state index in [1.807, 2.05) is 12.3 Å². The summed E-state index contributed by atoms with van der Waals surface area (Å²) in [7, 11) is 0. The van der Waals surface area contributed by atoms with E-state index in [0.717, 1.165) is 38.2 Å². The van der Waals surface area contributed by atoms with Crippen LogP contribution >= 0.6 is 0 Å². The Labute approximate surface area is 115 Å². The van der Waals surface area contributed by atoms with E-state index >= 15 is 0 Å². The van der Waals surface area contributed by atoms with Crippen molar-refractivity contribution in [3.8, 4) is 0 Å². The van der Waals surface area contributed by atoms with Crippen LogP contribution in [0.4, 0.5) is 11.8 Å². The first-order valence-corrected chi connectivity index (χ1v) is 7.29. The fraction of sp³-hybridized carbons (Fsp3) is 0.714. The molecule has 0 radical (unpaired) electrons. The zero-order valence-corrected chi connectivity index (χ0v) is 11.7. The van der Waals surface area contributed by atoms with Crippen LogP contribution in [0.2, 0.25) is 0 Å². The largest absolute Gasteiger partial charge is 0.396 e. The number of aliphatic hydroxyl groups excluding tert-OH is 1. The molecule has 1 aliphatic heterocycles. The van der Waals surface area contributed by atoms with Gasteiger partial charge in [-0.3, -0.25) is 0 Å².